The Balaban J connectivity index is 2.06. The SMILES string of the molecule is CC1(C)CC(=O)N(CC2(CCN)CC2)C1=O. The summed E-state index contributed by atoms with van der Waals surface area (Å²) in [5.41, 5.74) is 5.21. The van der Waals surface area contributed by atoms with E-state index >= 15 is 0 Å². The van der Waals surface area contributed by atoms with E-state index in [2.05, 4.69) is 0 Å². The first kappa shape index (κ1) is 11.6. The highest BCUT2D eigenvalue weighted by atomic mass is 16.2. The number of rotatable bonds is 4. The van der Waals surface area contributed by atoms with Gasteiger partial charge in [0.05, 0.1) is 5.41 Å². The Hall–Kier alpha value is -0.900. The summed E-state index contributed by atoms with van der Waals surface area (Å²) >= 11 is 0. The molecule has 2 fully saturated rings. The zero-order chi connectivity index (χ0) is 12.0. The summed E-state index contributed by atoms with van der Waals surface area (Å²) < 4.78 is 0. The van der Waals surface area contributed by atoms with Gasteiger partial charge in [0, 0.05) is 13.0 Å². The van der Waals surface area contributed by atoms with Crippen molar-refractivity contribution < 1.29 is 9.59 Å². The number of imide groups is 1. The summed E-state index contributed by atoms with van der Waals surface area (Å²) in [5.74, 6) is -0.0286. The van der Waals surface area contributed by atoms with Crippen LogP contribution in [-0.4, -0.2) is 29.8 Å². The van der Waals surface area contributed by atoms with Crippen LogP contribution >= 0.6 is 0 Å². The number of nitrogens with two attached hydrogens (primary N) is 1. The second-order valence-electron chi connectivity index (χ2n) is 5.88. The Kier molecular flexibility index (Phi) is 2.57. The predicted molar refractivity (Wildman–Crippen MR) is 60.5 cm³/mol. The molecular formula is C12H20N2O2. The van der Waals surface area contributed by atoms with Crippen LogP contribution < -0.4 is 5.73 Å². The Morgan fingerprint density at radius 2 is 1.94 bits per heavy atom. The van der Waals surface area contributed by atoms with Crippen molar-refractivity contribution in [2.24, 2.45) is 16.6 Å². The van der Waals surface area contributed by atoms with E-state index in [4.69, 9.17) is 5.73 Å². The first-order valence-corrected chi connectivity index (χ1v) is 5.95. The van der Waals surface area contributed by atoms with E-state index in [9.17, 15) is 9.59 Å². The monoisotopic (exact) mass is 224 g/mol. The number of nitrogens with zero attached hydrogens (tertiary/aromatic N) is 1. The van der Waals surface area contributed by atoms with Crippen molar-refractivity contribution in [1.82, 2.24) is 4.90 Å². The molecule has 2 aliphatic rings. The lowest BCUT2D eigenvalue weighted by atomic mass is 9.92. The van der Waals surface area contributed by atoms with Crippen molar-refractivity contribution in [3.8, 4) is 0 Å². The number of hydrogen-bond acceptors (Lipinski definition) is 3. The van der Waals surface area contributed by atoms with E-state index in [0.29, 0.717) is 19.5 Å². The van der Waals surface area contributed by atoms with Crippen LogP contribution in [-0.2, 0) is 9.59 Å². The summed E-state index contributed by atoms with van der Waals surface area (Å²) in [7, 11) is 0. The second-order valence-corrected chi connectivity index (χ2v) is 5.88. The quantitative estimate of drug-likeness (QED) is 0.722. The highest BCUT2D eigenvalue weighted by Crippen LogP contribution is 2.50. The third-order valence-electron chi connectivity index (χ3n) is 3.84. The van der Waals surface area contributed by atoms with E-state index in [0.717, 1.165) is 19.3 Å². The van der Waals surface area contributed by atoms with E-state index in [1.54, 1.807) is 0 Å². The highest BCUT2D eigenvalue weighted by Gasteiger charge is 2.51. The molecule has 0 unspecified atom stereocenters. The van der Waals surface area contributed by atoms with Gasteiger partial charge in [-0.2, -0.15) is 0 Å². The zero-order valence-corrected chi connectivity index (χ0v) is 10.1. The fourth-order valence-electron chi connectivity index (χ4n) is 2.49. The molecule has 0 aromatic carbocycles. The molecule has 90 valence electrons. The summed E-state index contributed by atoms with van der Waals surface area (Å²) in [4.78, 5) is 25.3. The van der Waals surface area contributed by atoms with Crippen molar-refractivity contribution in [1.29, 1.82) is 0 Å². The van der Waals surface area contributed by atoms with Gasteiger partial charge in [-0.1, -0.05) is 13.8 Å². The van der Waals surface area contributed by atoms with Crippen molar-refractivity contribution in [3.63, 3.8) is 0 Å². The lowest BCUT2D eigenvalue weighted by Crippen LogP contribution is -2.38. The number of carbonyl (C=O) groups excluding carboxylic acids is 2. The third kappa shape index (κ3) is 1.86. The van der Waals surface area contributed by atoms with Crippen LogP contribution in [0.4, 0.5) is 0 Å². The molecule has 1 saturated heterocycles. The van der Waals surface area contributed by atoms with Crippen LogP contribution in [0.25, 0.3) is 0 Å². The van der Waals surface area contributed by atoms with E-state index in [1.807, 2.05) is 13.8 Å². The molecule has 2 N–H and O–H groups in total. The summed E-state index contributed by atoms with van der Waals surface area (Å²) in [5, 5.41) is 0. The largest absolute Gasteiger partial charge is 0.330 e. The molecule has 4 nitrogen and oxygen atoms in total. The number of carbonyl (C=O) groups is 2. The molecule has 1 aliphatic heterocycles. The smallest absolute Gasteiger partial charge is 0.235 e. The van der Waals surface area contributed by atoms with Crippen LogP contribution in [0, 0.1) is 10.8 Å². The first-order valence-electron chi connectivity index (χ1n) is 5.95. The molecule has 0 atom stereocenters. The normalized spacial score (nSPS) is 26.3. The molecular weight excluding hydrogens is 204 g/mol. The van der Waals surface area contributed by atoms with Gasteiger partial charge in [0.2, 0.25) is 11.8 Å². The van der Waals surface area contributed by atoms with E-state index in [-0.39, 0.29) is 17.2 Å². The van der Waals surface area contributed by atoms with Crippen molar-refractivity contribution in [3.05, 3.63) is 0 Å². The van der Waals surface area contributed by atoms with Crippen LogP contribution in [0.2, 0.25) is 0 Å². The molecule has 2 rings (SSSR count). The molecule has 1 aliphatic carbocycles. The van der Waals surface area contributed by atoms with Gasteiger partial charge < -0.3 is 5.73 Å². The fourth-order valence-corrected chi connectivity index (χ4v) is 2.49. The van der Waals surface area contributed by atoms with Crippen molar-refractivity contribution in [2.75, 3.05) is 13.1 Å². The lowest BCUT2D eigenvalue weighted by Gasteiger charge is -2.23. The van der Waals surface area contributed by atoms with Crippen molar-refractivity contribution in [2.45, 2.75) is 39.5 Å². The molecule has 16 heavy (non-hydrogen) atoms. The molecule has 0 aromatic rings. The standard InChI is InChI=1S/C12H20N2O2/c1-11(2)7-9(15)14(10(11)16)8-12(3-4-12)5-6-13/h3-8,13H2,1-2H3. The second kappa shape index (κ2) is 3.55. The van der Waals surface area contributed by atoms with Crippen LogP contribution in [0.3, 0.4) is 0 Å². The lowest BCUT2D eigenvalue weighted by molar-refractivity contribution is -0.141. The van der Waals surface area contributed by atoms with Gasteiger partial charge >= 0.3 is 0 Å². The maximum Gasteiger partial charge on any atom is 0.235 e. The Bertz CT molecular complexity index is 332. The maximum atomic E-state index is 12.0. The average molecular weight is 224 g/mol. The minimum Gasteiger partial charge on any atom is -0.330 e. The Morgan fingerprint density at radius 1 is 1.31 bits per heavy atom. The van der Waals surface area contributed by atoms with Crippen LogP contribution in [0.15, 0.2) is 0 Å². The van der Waals surface area contributed by atoms with Gasteiger partial charge in [-0.05, 0) is 31.2 Å². The van der Waals surface area contributed by atoms with Gasteiger partial charge in [-0.15, -0.1) is 0 Å². The number of likely N-dealkylation sites (tertiary alicyclic amines) is 1. The molecule has 1 heterocycles. The zero-order valence-electron chi connectivity index (χ0n) is 10.1. The molecule has 0 spiro atoms. The van der Waals surface area contributed by atoms with E-state index in [1.165, 1.54) is 4.90 Å². The first-order chi connectivity index (χ1) is 7.40. The average Bonchev–Trinajstić information content (AvgIpc) is 2.89. The van der Waals surface area contributed by atoms with Gasteiger partial charge in [-0.25, -0.2) is 0 Å². The molecule has 4 heteroatoms. The molecule has 1 saturated carbocycles. The van der Waals surface area contributed by atoms with Gasteiger partial charge in [0.25, 0.3) is 0 Å². The summed E-state index contributed by atoms with van der Waals surface area (Å²) in [6.45, 7) is 4.91. The summed E-state index contributed by atoms with van der Waals surface area (Å²) in [6.07, 6.45) is 3.47. The van der Waals surface area contributed by atoms with Gasteiger partial charge in [0.15, 0.2) is 0 Å². The fraction of sp³-hybridized carbons (Fsp3) is 0.833. The molecule has 2 amide bonds. The molecule has 0 bridgehead atoms. The predicted octanol–water partition coefficient (Wildman–Crippen LogP) is 0.900. The van der Waals surface area contributed by atoms with Gasteiger partial charge in [-0.3, -0.25) is 14.5 Å². The van der Waals surface area contributed by atoms with E-state index < -0.39 is 5.41 Å². The third-order valence-corrected chi connectivity index (χ3v) is 3.84. The van der Waals surface area contributed by atoms with Crippen LogP contribution in [0.5, 0.6) is 0 Å². The number of hydrogen-bond donors (Lipinski definition) is 1. The minimum atomic E-state index is -0.504. The number of amides is 2. The maximum absolute atomic E-state index is 12.0. The van der Waals surface area contributed by atoms with Crippen molar-refractivity contribution >= 4 is 11.8 Å². The Labute approximate surface area is 96.2 Å². The molecule has 0 radical (unpaired) electrons. The molecule has 0 aromatic heterocycles. The topological polar surface area (TPSA) is 63.4 Å². The highest BCUT2D eigenvalue weighted by molar-refractivity contribution is 6.05. The minimum absolute atomic E-state index is 0.0132. The van der Waals surface area contributed by atoms with Gasteiger partial charge in [0.1, 0.15) is 0 Å². The Morgan fingerprint density at radius 3 is 2.31 bits per heavy atom. The van der Waals surface area contributed by atoms with Crippen LogP contribution in [0.1, 0.15) is 39.5 Å². The summed E-state index contributed by atoms with van der Waals surface area (Å²) in [6, 6.07) is 0.